The Morgan fingerprint density at radius 1 is 1.07 bits per heavy atom. The number of nitrogens with one attached hydrogen (secondary N) is 1. The van der Waals surface area contributed by atoms with E-state index in [4.69, 9.17) is 4.74 Å². The molecule has 0 aliphatic carbocycles. The minimum atomic E-state index is 0. The van der Waals surface area contributed by atoms with Crippen molar-refractivity contribution in [2.75, 3.05) is 53.0 Å². The highest BCUT2D eigenvalue weighted by molar-refractivity contribution is 14.0. The average Bonchev–Trinajstić information content (AvgIpc) is 2.77. The molecule has 0 atom stereocenters. The van der Waals surface area contributed by atoms with Crippen molar-refractivity contribution in [3.63, 3.8) is 0 Å². The maximum atomic E-state index is 12.7. The zero-order chi connectivity index (χ0) is 19.8. The highest BCUT2D eigenvalue weighted by atomic mass is 127. The number of morpholine rings is 1. The van der Waals surface area contributed by atoms with E-state index >= 15 is 0 Å². The molecule has 7 heteroatoms. The number of benzene rings is 1. The molecule has 0 radical (unpaired) electrons. The second-order valence-electron chi connectivity index (χ2n) is 7.59. The van der Waals surface area contributed by atoms with Crippen LogP contribution in [0.3, 0.4) is 0 Å². The van der Waals surface area contributed by atoms with E-state index in [1.165, 1.54) is 11.1 Å². The molecule has 2 heterocycles. The largest absolute Gasteiger partial charge is 0.378 e. The standard InChI is InChI=1S/C22H34N4O2.HI/c1-3-18-4-6-19(7-5-18)8-11-24-22(23-2)26-12-9-20(10-13-26)21(27)25-14-16-28-17-15-25;/h4-7,20H,3,8-17H2,1-2H3,(H,23,24);1H. The van der Waals surface area contributed by atoms with Crippen molar-refractivity contribution < 1.29 is 9.53 Å². The van der Waals surface area contributed by atoms with E-state index < -0.39 is 0 Å². The van der Waals surface area contributed by atoms with E-state index in [0.29, 0.717) is 19.1 Å². The Kier molecular flexibility index (Phi) is 10.2. The van der Waals surface area contributed by atoms with Crippen LogP contribution in [0.2, 0.25) is 0 Å². The average molecular weight is 514 g/mol. The lowest BCUT2D eigenvalue weighted by molar-refractivity contribution is -0.140. The molecule has 1 amide bonds. The van der Waals surface area contributed by atoms with Gasteiger partial charge in [0.2, 0.25) is 5.91 Å². The topological polar surface area (TPSA) is 57.2 Å². The van der Waals surface area contributed by atoms with Crippen molar-refractivity contribution in [3.8, 4) is 0 Å². The smallest absolute Gasteiger partial charge is 0.225 e. The van der Waals surface area contributed by atoms with Crippen LogP contribution in [0.5, 0.6) is 0 Å². The number of halogens is 1. The van der Waals surface area contributed by atoms with Crippen LogP contribution >= 0.6 is 24.0 Å². The molecule has 0 saturated carbocycles. The Labute approximate surface area is 192 Å². The van der Waals surface area contributed by atoms with Crippen LogP contribution in [-0.4, -0.2) is 74.7 Å². The van der Waals surface area contributed by atoms with Gasteiger partial charge < -0.3 is 19.9 Å². The Balaban J connectivity index is 0.00000300. The van der Waals surface area contributed by atoms with Gasteiger partial charge in [-0.1, -0.05) is 31.2 Å². The van der Waals surface area contributed by atoms with E-state index in [-0.39, 0.29) is 29.9 Å². The molecule has 0 aromatic heterocycles. The van der Waals surface area contributed by atoms with E-state index in [1.807, 2.05) is 11.9 Å². The molecule has 2 saturated heterocycles. The number of carbonyl (C=O) groups is 1. The maximum absolute atomic E-state index is 12.7. The fourth-order valence-electron chi connectivity index (χ4n) is 3.97. The van der Waals surface area contributed by atoms with E-state index in [1.54, 1.807) is 0 Å². The van der Waals surface area contributed by atoms with E-state index in [9.17, 15) is 4.79 Å². The Morgan fingerprint density at radius 2 is 1.69 bits per heavy atom. The third-order valence-electron chi connectivity index (χ3n) is 5.81. The van der Waals surface area contributed by atoms with Crippen molar-refractivity contribution in [1.29, 1.82) is 0 Å². The van der Waals surface area contributed by atoms with Gasteiger partial charge in [-0.15, -0.1) is 24.0 Å². The van der Waals surface area contributed by atoms with Gasteiger partial charge in [0.25, 0.3) is 0 Å². The first-order valence-corrected chi connectivity index (χ1v) is 10.6. The van der Waals surface area contributed by atoms with Crippen molar-refractivity contribution in [1.82, 2.24) is 15.1 Å². The van der Waals surface area contributed by atoms with Crippen molar-refractivity contribution >= 4 is 35.8 Å². The third kappa shape index (κ3) is 6.84. The molecule has 29 heavy (non-hydrogen) atoms. The van der Waals surface area contributed by atoms with E-state index in [0.717, 1.165) is 64.4 Å². The molecule has 6 nitrogen and oxygen atoms in total. The number of piperidine rings is 1. The predicted octanol–water partition coefficient (Wildman–Crippen LogP) is 2.56. The van der Waals surface area contributed by atoms with Gasteiger partial charge in [0, 0.05) is 45.7 Å². The first kappa shape index (κ1) is 23.9. The van der Waals surface area contributed by atoms with E-state index in [2.05, 4.69) is 46.4 Å². The number of guanidine groups is 1. The van der Waals surface area contributed by atoms with Crippen molar-refractivity contribution in [3.05, 3.63) is 35.4 Å². The van der Waals surface area contributed by atoms with Crippen LogP contribution in [0.15, 0.2) is 29.3 Å². The van der Waals surface area contributed by atoms with Crippen LogP contribution in [0.25, 0.3) is 0 Å². The number of carbonyl (C=O) groups excluding carboxylic acids is 1. The number of rotatable bonds is 5. The summed E-state index contributed by atoms with van der Waals surface area (Å²) in [5.41, 5.74) is 2.72. The highest BCUT2D eigenvalue weighted by Crippen LogP contribution is 2.20. The summed E-state index contributed by atoms with van der Waals surface area (Å²) < 4.78 is 5.36. The number of ether oxygens (including phenoxy) is 1. The minimum absolute atomic E-state index is 0. The van der Waals surface area contributed by atoms with Gasteiger partial charge in [0.05, 0.1) is 13.2 Å². The number of hydrogen-bond donors (Lipinski definition) is 1. The molecule has 2 aliphatic heterocycles. The molecule has 1 N–H and O–H groups in total. The molecular weight excluding hydrogens is 479 g/mol. The number of nitrogens with zero attached hydrogens (tertiary/aromatic N) is 3. The summed E-state index contributed by atoms with van der Waals surface area (Å²) in [4.78, 5) is 21.4. The quantitative estimate of drug-likeness (QED) is 0.373. The molecule has 2 fully saturated rings. The zero-order valence-corrected chi connectivity index (χ0v) is 20.1. The molecule has 0 unspecified atom stereocenters. The molecular formula is C22H35IN4O2. The summed E-state index contributed by atoms with van der Waals surface area (Å²) in [5, 5.41) is 3.49. The molecule has 3 rings (SSSR count). The lowest BCUT2D eigenvalue weighted by atomic mass is 9.95. The second kappa shape index (κ2) is 12.4. The lowest BCUT2D eigenvalue weighted by Crippen LogP contribution is -2.50. The third-order valence-corrected chi connectivity index (χ3v) is 5.81. The van der Waals surface area contributed by atoms with Crippen LogP contribution in [0.1, 0.15) is 30.9 Å². The first-order valence-electron chi connectivity index (χ1n) is 10.6. The van der Waals surface area contributed by atoms with Crippen LogP contribution in [0, 0.1) is 5.92 Å². The maximum Gasteiger partial charge on any atom is 0.225 e. The summed E-state index contributed by atoms with van der Waals surface area (Å²) in [6.45, 7) is 7.62. The van der Waals surface area contributed by atoms with Gasteiger partial charge >= 0.3 is 0 Å². The monoisotopic (exact) mass is 514 g/mol. The number of likely N-dealkylation sites (tertiary alicyclic amines) is 1. The predicted molar refractivity (Wildman–Crippen MR) is 128 cm³/mol. The van der Waals surface area contributed by atoms with Gasteiger partial charge in [0.15, 0.2) is 5.96 Å². The SMILES string of the molecule is CCc1ccc(CCNC(=NC)N2CCC(C(=O)N3CCOCC3)CC2)cc1.I. The Morgan fingerprint density at radius 3 is 2.28 bits per heavy atom. The second-order valence-corrected chi connectivity index (χ2v) is 7.59. The molecule has 2 aliphatic rings. The van der Waals surface area contributed by atoms with Crippen molar-refractivity contribution in [2.45, 2.75) is 32.6 Å². The Hall–Kier alpha value is -1.35. The number of amides is 1. The minimum Gasteiger partial charge on any atom is -0.378 e. The summed E-state index contributed by atoms with van der Waals surface area (Å²) in [6, 6.07) is 8.85. The molecule has 1 aromatic carbocycles. The summed E-state index contributed by atoms with van der Waals surface area (Å²) in [6.07, 6.45) is 3.86. The molecule has 0 spiro atoms. The van der Waals surface area contributed by atoms with Gasteiger partial charge in [-0.3, -0.25) is 9.79 Å². The normalized spacial score (nSPS) is 18.3. The fraction of sp³-hybridized carbons (Fsp3) is 0.636. The van der Waals surface area contributed by atoms with Crippen LogP contribution in [-0.2, 0) is 22.4 Å². The summed E-state index contributed by atoms with van der Waals surface area (Å²) in [7, 11) is 1.84. The lowest BCUT2D eigenvalue weighted by Gasteiger charge is -2.36. The van der Waals surface area contributed by atoms with Crippen molar-refractivity contribution in [2.24, 2.45) is 10.9 Å². The van der Waals surface area contributed by atoms with Gasteiger partial charge in [-0.2, -0.15) is 0 Å². The number of aliphatic imine (C=N–C) groups is 1. The summed E-state index contributed by atoms with van der Waals surface area (Å²) in [5.74, 6) is 1.40. The van der Waals surface area contributed by atoms with Crippen LogP contribution < -0.4 is 5.32 Å². The first-order chi connectivity index (χ1) is 13.7. The van der Waals surface area contributed by atoms with Gasteiger partial charge in [0.1, 0.15) is 0 Å². The number of aryl methyl sites for hydroxylation is 1. The van der Waals surface area contributed by atoms with Gasteiger partial charge in [-0.25, -0.2) is 0 Å². The fourth-order valence-corrected chi connectivity index (χ4v) is 3.97. The molecule has 162 valence electrons. The molecule has 1 aromatic rings. The zero-order valence-electron chi connectivity index (χ0n) is 17.7. The van der Waals surface area contributed by atoms with Gasteiger partial charge in [-0.05, 0) is 36.8 Å². The molecule has 0 bridgehead atoms. The van der Waals surface area contributed by atoms with Crippen LogP contribution in [0.4, 0.5) is 0 Å². The Bertz CT molecular complexity index is 651. The highest BCUT2D eigenvalue weighted by Gasteiger charge is 2.30. The number of hydrogen-bond acceptors (Lipinski definition) is 3. The summed E-state index contributed by atoms with van der Waals surface area (Å²) >= 11 is 0.